The van der Waals surface area contributed by atoms with Gasteiger partial charge in [-0.15, -0.1) is 0 Å². The normalized spacial score (nSPS) is 14.7. The number of benzene rings is 2. The quantitative estimate of drug-likeness (QED) is 0.434. The summed E-state index contributed by atoms with van der Waals surface area (Å²) in [6, 6.07) is 8.02. The zero-order chi connectivity index (χ0) is 20.5. The number of fused-ring (bicyclic) bond motifs is 4. The van der Waals surface area contributed by atoms with E-state index < -0.39 is 6.85 Å². The Balaban J connectivity index is 1.93. The lowest BCUT2D eigenvalue weighted by Gasteiger charge is -2.16. The molecule has 0 aliphatic carbocycles. The third-order valence-corrected chi connectivity index (χ3v) is 5.35. The molecule has 1 aliphatic rings. The van der Waals surface area contributed by atoms with E-state index in [9.17, 15) is 0 Å². The van der Waals surface area contributed by atoms with Crippen LogP contribution in [0.3, 0.4) is 0 Å². The van der Waals surface area contributed by atoms with E-state index in [2.05, 4.69) is 28.2 Å². The summed E-state index contributed by atoms with van der Waals surface area (Å²) in [6.45, 7) is 1.76. The maximum atomic E-state index is 8.12. The second kappa shape index (κ2) is 5.24. The fourth-order valence-corrected chi connectivity index (χ4v) is 4.03. The number of hydrogen-bond donors (Lipinski definition) is 0. The highest BCUT2D eigenvalue weighted by Gasteiger charge is 2.28. The maximum absolute atomic E-state index is 8.12. The molecule has 128 valence electrons. The topological polar surface area (TPSA) is 34.6 Å². The fraction of sp³-hybridized carbons (Fsp3) is 0.227. The molecule has 5 rings (SSSR count). The van der Waals surface area contributed by atoms with Gasteiger partial charge in [-0.3, -0.25) is 0 Å². The van der Waals surface area contributed by atoms with E-state index >= 15 is 0 Å². The van der Waals surface area contributed by atoms with Crippen molar-refractivity contribution in [3.63, 3.8) is 0 Å². The van der Waals surface area contributed by atoms with Gasteiger partial charge in [0.15, 0.2) is 5.52 Å². The third-order valence-electron chi connectivity index (χ3n) is 5.35. The summed E-state index contributed by atoms with van der Waals surface area (Å²) in [5.74, 6) is 0.931. The Morgan fingerprint density at radius 1 is 1.19 bits per heavy atom. The average molecular weight is 344 g/mol. The molecular weight excluding hydrogens is 320 g/mol. The summed E-state index contributed by atoms with van der Waals surface area (Å²) in [7, 11) is 1.96. The minimum Gasteiger partial charge on any atom is -0.303 e. The molecule has 3 heterocycles. The van der Waals surface area contributed by atoms with Crippen molar-refractivity contribution in [2.45, 2.75) is 27.1 Å². The van der Waals surface area contributed by atoms with Crippen LogP contribution in [0, 0.1) is 20.7 Å². The Kier molecular flexibility index (Phi) is 2.49. The zero-order valence-corrected chi connectivity index (χ0v) is 15.0. The van der Waals surface area contributed by atoms with E-state index in [1.54, 1.807) is 12.5 Å². The summed E-state index contributed by atoms with van der Waals surface area (Å²) in [6.07, 6.45) is 6.14. The molecule has 4 aromatic rings. The highest BCUT2D eigenvalue weighted by molar-refractivity contribution is 5.93. The van der Waals surface area contributed by atoms with Crippen molar-refractivity contribution in [3.05, 3.63) is 71.1 Å². The predicted octanol–water partition coefficient (Wildman–Crippen LogP) is 3.74. The number of hydrogen-bond acceptors (Lipinski definition) is 2. The number of rotatable bonds is 1. The largest absolute Gasteiger partial charge is 0.303 e. The molecule has 4 nitrogen and oxygen atoms in total. The van der Waals surface area contributed by atoms with Crippen LogP contribution in [0.1, 0.15) is 32.2 Å². The molecule has 2 aromatic carbocycles. The first-order valence-corrected chi connectivity index (χ1v) is 8.70. The van der Waals surface area contributed by atoms with Crippen LogP contribution in [-0.4, -0.2) is 14.5 Å². The van der Waals surface area contributed by atoms with Crippen LogP contribution in [0.15, 0.2) is 43.0 Å². The first-order chi connectivity index (χ1) is 13.8. The lowest BCUT2D eigenvalue weighted by Crippen LogP contribution is -2.32. The SMILES string of the molecule is [2H]C([2H])([2H])c1cc2c(c(-c3c4ccc(C)cc4nc[n+]3C)c1C)Cc1nccn1-2. The van der Waals surface area contributed by atoms with Crippen molar-refractivity contribution < 1.29 is 8.68 Å². The second-order valence-electron chi connectivity index (χ2n) is 7.04. The van der Waals surface area contributed by atoms with Gasteiger partial charge in [-0.25, -0.2) is 9.55 Å². The molecule has 2 aromatic heterocycles. The van der Waals surface area contributed by atoms with E-state index in [0.29, 0.717) is 12.0 Å². The molecule has 0 amide bonds. The molecule has 0 radical (unpaired) electrons. The van der Waals surface area contributed by atoms with Crippen LogP contribution in [0.25, 0.3) is 27.8 Å². The molecule has 0 fully saturated rings. The van der Waals surface area contributed by atoms with Gasteiger partial charge >= 0.3 is 0 Å². The summed E-state index contributed by atoms with van der Waals surface area (Å²) >= 11 is 0. The molecule has 0 atom stereocenters. The Morgan fingerprint density at radius 2 is 2.08 bits per heavy atom. The van der Waals surface area contributed by atoms with Crippen molar-refractivity contribution in [2.24, 2.45) is 7.05 Å². The summed E-state index contributed by atoms with van der Waals surface area (Å²) in [5.41, 5.74) is 7.19. The van der Waals surface area contributed by atoms with E-state index in [1.165, 1.54) is 0 Å². The Labute approximate surface area is 157 Å². The Morgan fingerprint density at radius 3 is 2.92 bits per heavy atom. The lowest BCUT2D eigenvalue weighted by molar-refractivity contribution is -0.662. The number of imidazole rings is 1. The molecule has 4 heteroatoms. The van der Waals surface area contributed by atoms with Gasteiger partial charge in [0, 0.05) is 28.5 Å². The number of nitrogens with zero attached hydrogens (tertiary/aromatic N) is 4. The highest BCUT2D eigenvalue weighted by atomic mass is 15.1. The van der Waals surface area contributed by atoms with Crippen LogP contribution in [0.5, 0.6) is 0 Å². The summed E-state index contributed by atoms with van der Waals surface area (Å²) in [4.78, 5) is 9.05. The minimum atomic E-state index is -2.20. The van der Waals surface area contributed by atoms with Crippen LogP contribution in [-0.2, 0) is 13.5 Å². The first-order valence-electron chi connectivity index (χ1n) is 10.2. The average Bonchev–Trinajstić information content (AvgIpc) is 3.22. The maximum Gasteiger partial charge on any atom is 0.287 e. The molecule has 1 aliphatic heterocycles. The van der Waals surface area contributed by atoms with E-state index in [0.717, 1.165) is 50.4 Å². The van der Waals surface area contributed by atoms with Crippen molar-refractivity contribution in [1.29, 1.82) is 0 Å². The molecule has 0 bridgehead atoms. The predicted molar refractivity (Wildman–Crippen MR) is 102 cm³/mol. The van der Waals surface area contributed by atoms with Crippen molar-refractivity contribution in [3.8, 4) is 16.9 Å². The minimum absolute atomic E-state index is 0.380. The molecule has 0 unspecified atom stereocenters. The number of aryl methyl sites for hydroxylation is 3. The van der Waals surface area contributed by atoms with Gasteiger partial charge < -0.3 is 4.57 Å². The molecule has 0 N–H and O–H groups in total. The molecule has 26 heavy (non-hydrogen) atoms. The number of aromatic nitrogens is 4. The van der Waals surface area contributed by atoms with Gasteiger partial charge in [0.05, 0.1) is 18.1 Å². The van der Waals surface area contributed by atoms with E-state index in [1.807, 2.05) is 42.3 Å². The standard InChI is InChI=1S/C22H21N4/c1-13-5-6-16-18(9-13)24-12-25(4)22(16)21-15(3)14(2)10-19-17(21)11-20-23-7-8-26(19)20/h5-10,12H,11H2,1-4H3/q+1/i2D3. The van der Waals surface area contributed by atoms with Gasteiger partial charge in [-0.2, -0.15) is 0 Å². The van der Waals surface area contributed by atoms with Crippen molar-refractivity contribution >= 4 is 10.9 Å². The first kappa shape index (κ1) is 12.4. The van der Waals surface area contributed by atoms with Gasteiger partial charge in [0.2, 0.25) is 0 Å². The van der Waals surface area contributed by atoms with Crippen molar-refractivity contribution in [1.82, 2.24) is 14.5 Å². The van der Waals surface area contributed by atoms with Crippen LogP contribution < -0.4 is 4.57 Å². The highest BCUT2D eigenvalue weighted by Crippen LogP contribution is 2.39. The molecule has 0 spiro atoms. The molecule has 0 saturated heterocycles. The van der Waals surface area contributed by atoms with E-state index in [-0.39, 0.29) is 0 Å². The zero-order valence-electron chi connectivity index (χ0n) is 18.0. The monoisotopic (exact) mass is 344 g/mol. The Bertz CT molecular complexity index is 1300. The van der Waals surface area contributed by atoms with Crippen LogP contribution >= 0.6 is 0 Å². The second-order valence-corrected chi connectivity index (χ2v) is 7.04. The van der Waals surface area contributed by atoms with Crippen LogP contribution in [0.2, 0.25) is 0 Å². The smallest absolute Gasteiger partial charge is 0.287 e. The van der Waals surface area contributed by atoms with Gasteiger partial charge in [-0.05, 0) is 66.1 Å². The molecule has 0 saturated carbocycles. The van der Waals surface area contributed by atoms with Gasteiger partial charge in [0.25, 0.3) is 6.33 Å². The third kappa shape index (κ3) is 1.99. The molecular formula is C22H21N4+. The van der Waals surface area contributed by atoms with Crippen LogP contribution in [0.4, 0.5) is 0 Å². The summed E-state index contributed by atoms with van der Waals surface area (Å²) < 4.78 is 28.3. The van der Waals surface area contributed by atoms with Gasteiger partial charge in [0.1, 0.15) is 11.5 Å². The fourth-order valence-electron chi connectivity index (χ4n) is 4.03. The summed E-state index contributed by atoms with van der Waals surface area (Å²) in [5, 5.41) is 1.01. The van der Waals surface area contributed by atoms with Gasteiger partial charge in [-0.1, -0.05) is 6.07 Å². The van der Waals surface area contributed by atoms with E-state index in [4.69, 9.17) is 4.11 Å². The lowest BCUT2D eigenvalue weighted by atomic mass is 9.91. The van der Waals surface area contributed by atoms with Crippen molar-refractivity contribution in [2.75, 3.05) is 0 Å². The Hall–Kier alpha value is -3.01.